The molecule has 1 atom stereocenters. The summed E-state index contributed by atoms with van der Waals surface area (Å²) in [5.41, 5.74) is 5.82. The Labute approximate surface area is 150 Å². The van der Waals surface area contributed by atoms with Gasteiger partial charge in [-0.05, 0) is 39.3 Å². The van der Waals surface area contributed by atoms with Crippen LogP contribution in [-0.4, -0.2) is 59.5 Å². The summed E-state index contributed by atoms with van der Waals surface area (Å²) < 4.78 is 0. The molecule has 140 valence electrons. The van der Waals surface area contributed by atoms with Gasteiger partial charge in [-0.1, -0.05) is 13.3 Å². The minimum Gasteiger partial charge on any atom is -0.368 e. The third-order valence-corrected chi connectivity index (χ3v) is 4.71. The average molecular weight is 349 g/mol. The third kappa shape index (κ3) is 5.26. The molecule has 1 aromatic rings. The number of nitrogens with zero attached hydrogens (tertiary/aromatic N) is 5. The van der Waals surface area contributed by atoms with E-state index in [2.05, 4.69) is 39.0 Å². The van der Waals surface area contributed by atoms with E-state index < -0.39 is 0 Å². The summed E-state index contributed by atoms with van der Waals surface area (Å²) in [6.45, 7) is 6.70. The van der Waals surface area contributed by atoms with Crippen molar-refractivity contribution in [1.82, 2.24) is 25.2 Å². The zero-order valence-corrected chi connectivity index (χ0v) is 15.8. The van der Waals surface area contributed by atoms with Crippen molar-refractivity contribution in [1.29, 1.82) is 0 Å². The molecule has 0 spiro atoms. The van der Waals surface area contributed by atoms with Crippen LogP contribution in [0.15, 0.2) is 0 Å². The molecule has 2 heterocycles. The number of carbonyl (C=O) groups is 1. The van der Waals surface area contributed by atoms with Crippen molar-refractivity contribution in [2.24, 2.45) is 5.92 Å². The van der Waals surface area contributed by atoms with E-state index in [1.54, 1.807) is 0 Å². The molecule has 8 nitrogen and oxygen atoms in total. The molecule has 8 heteroatoms. The van der Waals surface area contributed by atoms with E-state index in [-0.39, 0.29) is 23.8 Å². The van der Waals surface area contributed by atoms with Gasteiger partial charge in [-0.25, -0.2) is 0 Å². The predicted molar refractivity (Wildman–Crippen MR) is 99.2 cm³/mol. The van der Waals surface area contributed by atoms with Crippen molar-refractivity contribution < 1.29 is 4.79 Å². The van der Waals surface area contributed by atoms with Gasteiger partial charge in [0.15, 0.2) is 5.82 Å². The maximum atomic E-state index is 12.2. The lowest BCUT2D eigenvalue weighted by atomic mass is 9.95. The van der Waals surface area contributed by atoms with Crippen LogP contribution in [0, 0.1) is 5.92 Å². The molecule has 0 bridgehead atoms. The molecule has 1 unspecified atom stereocenters. The van der Waals surface area contributed by atoms with Crippen LogP contribution in [0.4, 0.5) is 11.9 Å². The molecule has 2 rings (SSSR count). The van der Waals surface area contributed by atoms with Crippen LogP contribution in [0.5, 0.6) is 0 Å². The number of aromatic nitrogens is 3. The summed E-state index contributed by atoms with van der Waals surface area (Å²) in [6.07, 6.45) is 3.86. The maximum absolute atomic E-state index is 12.2. The maximum Gasteiger partial charge on any atom is 0.229 e. The average Bonchev–Trinajstić information content (AvgIpc) is 2.60. The fourth-order valence-corrected chi connectivity index (χ4v) is 3.03. The highest BCUT2D eigenvalue weighted by atomic mass is 16.1. The second-order valence-electron chi connectivity index (χ2n) is 6.88. The van der Waals surface area contributed by atoms with Crippen molar-refractivity contribution >= 4 is 17.8 Å². The molecule has 3 N–H and O–H groups in total. The Morgan fingerprint density at radius 1 is 1.32 bits per heavy atom. The van der Waals surface area contributed by atoms with Crippen LogP contribution in [-0.2, 0) is 4.79 Å². The second kappa shape index (κ2) is 8.94. The predicted octanol–water partition coefficient (Wildman–Crippen LogP) is 1.21. The van der Waals surface area contributed by atoms with Gasteiger partial charge in [0.05, 0.1) is 6.04 Å². The third-order valence-electron chi connectivity index (χ3n) is 4.71. The summed E-state index contributed by atoms with van der Waals surface area (Å²) in [5.74, 6) is 1.80. The van der Waals surface area contributed by atoms with Gasteiger partial charge >= 0.3 is 0 Å². The molecule has 1 aliphatic heterocycles. The number of unbranched alkanes of at least 4 members (excludes halogenated alkanes) is 1. The van der Waals surface area contributed by atoms with Gasteiger partial charge in [0, 0.05) is 26.6 Å². The lowest BCUT2D eigenvalue weighted by molar-refractivity contribution is -0.126. The van der Waals surface area contributed by atoms with Crippen molar-refractivity contribution in [2.45, 2.75) is 45.6 Å². The summed E-state index contributed by atoms with van der Waals surface area (Å²) in [5, 5.41) is 3.04. The van der Waals surface area contributed by atoms with Crippen molar-refractivity contribution in [3.63, 3.8) is 0 Å². The number of likely N-dealkylation sites (tertiary alicyclic amines) is 1. The van der Waals surface area contributed by atoms with Crippen molar-refractivity contribution in [3.8, 4) is 0 Å². The molecule has 0 radical (unpaired) electrons. The molecule has 1 aliphatic rings. The number of hydrogen-bond acceptors (Lipinski definition) is 7. The van der Waals surface area contributed by atoms with Crippen LogP contribution < -0.4 is 16.0 Å². The lowest BCUT2D eigenvalue weighted by Gasteiger charge is -2.34. The molecule has 0 aromatic carbocycles. The highest BCUT2D eigenvalue weighted by molar-refractivity contribution is 5.78. The van der Waals surface area contributed by atoms with Gasteiger partial charge < -0.3 is 16.0 Å². The number of nitrogen functional groups attached to an aromatic ring is 1. The van der Waals surface area contributed by atoms with Gasteiger partial charge in [-0.2, -0.15) is 15.0 Å². The highest BCUT2D eigenvalue weighted by Gasteiger charge is 2.29. The van der Waals surface area contributed by atoms with Gasteiger partial charge in [-0.3, -0.25) is 9.69 Å². The van der Waals surface area contributed by atoms with E-state index in [1.807, 2.05) is 19.0 Å². The fraction of sp³-hybridized carbons (Fsp3) is 0.765. The molecule has 1 saturated heterocycles. The SMILES string of the molecule is CCCCNC(=O)C1CCN(C(C)c2nc(N)nc(N(C)C)n2)CC1. The van der Waals surface area contributed by atoms with Crippen molar-refractivity contribution in [2.75, 3.05) is 44.4 Å². The first-order valence-electron chi connectivity index (χ1n) is 9.12. The number of carbonyl (C=O) groups excluding carboxylic acids is 1. The molecular weight excluding hydrogens is 318 g/mol. The molecule has 0 saturated carbocycles. The number of piperidine rings is 1. The summed E-state index contributed by atoms with van der Waals surface area (Å²) in [6, 6.07) is 0.0492. The van der Waals surface area contributed by atoms with E-state index in [0.29, 0.717) is 11.8 Å². The monoisotopic (exact) mass is 349 g/mol. The van der Waals surface area contributed by atoms with E-state index in [9.17, 15) is 4.79 Å². The number of rotatable bonds is 7. The van der Waals surface area contributed by atoms with Crippen LogP contribution in [0.1, 0.15) is 51.4 Å². The van der Waals surface area contributed by atoms with E-state index in [1.165, 1.54) is 0 Å². The van der Waals surface area contributed by atoms with E-state index >= 15 is 0 Å². The topological polar surface area (TPSA) is 100 Å². The van der Waals surface area contributed by atoms with Crippen LogP contribution in [0.25, 0.3) is 0 Å². The Kier molecular flexibility index (Phi) is 6.92. The van der Waals surface area contributed by atoms with Gasteiger partial charge in [-0.15, -0.1) is 0 Å². The van der Waals surface area contributed by atoms with E-state index in [4.69, 9.17) is 5.73 Å². The number of amides is 1. The summed E-state index contributed by atoms with van der Waals surface area (Å²) >= 11 is 0. The smallest absolute Gasteiger partial charge is 0.229 e. The summed E-state index contributed by atoms with van der Waals surface area (Å²) in [7, 11) is 3.76. The largest absolute Gasteiger partial charge is 0.368 e. The quantitative estimate of drug-likeness (QED) is 0.714. The number of anilines is 2. The van der Waals surface area contributed by atoms with E-state index in [0.717, 1.165) is 45.3 Å². The first kappa shape index (κ1) is 19.4. The molecule has 0 aliphatic carbocycles. The Balaban J connectivity index is 1.93. The zero-order valence-electron chi connectivity index (χ0n) is 15.8. The fourth-order valence-electron chi connectivity index (χ4n) is 3.03. The Morgan fingerprint density at radius 2 is 2.00 bits per heavy atom. The molecule has 1 aromatic heterocycles. The van der Waals surface area contributed by atoms with Crippen molar-refractivity contribution in [3.05, 3.63) is 5.82 Å². The number of nitrogens with two attached hydrogens (primary N) is 1. The Bertz CT molecular complexity index is 570. The summed E-state index contributed by atoms with van der Waals surface area (Å²) in [4.78, 5) is 29.3. The number of hydrogen-bond donors (Lipinski definition) is 2. The molecule has 25 heavy (non-hydrogen) atoms. The lowest BCUT2D eigenvalue weighted by Crippen LogP contribution is -2.42. The highest BCUT2D eigenvalue weighted by Crippen LogP contribution is 2.26. The first-order valence-corrected chi connectivity index (χ1v) is 9.12. The van der Waals surface area contributed by atoms with Gasteiger partial charge in [0.2, 0.25) is 17.8 Å². The second-order valence-corrected chi connectivity index (χ2v) is 6.88. The standard InChI is InChI=1S/C17H31N7O/c1-5-6-9-19-15(25)13-7-10-24(11-8-13)12(2)14-20-16(18)22-17(21-14)23(3)4/h12-13H,5-11H2,1-4H3,(H,19,25)(H2,18,20,21,22). The Hall–Kier alpha value is -1.96. The minimum atomic E-state index is 0.0492. The van der Waals surface area contributed by atoms with Crippen LogP contribution >= 0.6 is 0 Å². The molecule has 1 amide bonds. The first-order chi connectivity index (χ1) is 11.9. The van der Waals surface area contributed by atoms with Crippen LogP contribution in [0.2, 0.25) is 0 Å². The molecular formula is C17H31N7O. The van der Waals surface area contributed by atoms with Gasteiger partial charge in [0.1, 0.15) is 0 Å². The Morgan fingerprint density at radius 3 is 2.60 bits per heavy atom. The molecule has 1 fully saturated rings. The van der Waals surface area contributed by atoms with Crippen LogP contribution in [0.3, 0.4) is 0 Å². The zero-order chi connectivity index (χ0) is 18.4. The normalized spacial score (nSPS) is 17.3. The minimum absolute atomic E-state index is 0.0492. The van der Waals surface area contributed by atoms with Gasteiger partial charge in [0.25, 0.3) is 0 Å². The number of nitrogens with one attached hydrogen (secondary N) is 1.